The van der Waals surface area contributed by atoms with E-state index >= 15 is 0 Å². The lowest BCUT2D eigenvalue weighted by Crippen LogP contribution is -2.50. The van der Waals surface area contributed by atoms with E-state index in [2.05, 4.69) is 5.32 Å². The first kappa shape index (κ1) is 19.2. The molecule has 0 bridgehead atoms. The van der Waals surface area contributed by atoms with Crippen molar-refractivity contribution in [1.82, 2.24) is 5.32 Å². The number of carbonyl (C=O) groups excluding carboxylic acids is 1. The van der Waals surface area contributed by atoms with Crippen LogP contribution in [0.1, 0.15) is 46.7 Å². The molecule has 2 aromatic rings. The molecule has 1 aliphatic heterocycles. The minimum Gasteiger partial charge on any atom is -0.507 e. The van der Waals surface area contributed by atoms with Crippen LogP contribution < -0.4 is 10.1 Å². The van der Waals surface area contributed by atoms with Gasteiger partial charge in [0.2, 0.25) is 0 Å². The van der Waals surface area contributed by atoms with Crippen LogP contribution in [0.5, 0.6) is 11.5 Å². The number of phenolic OH excluding ortho intramolecular Hbond substituents is 1. The Morgan fingerprint density at radius 3 is 2.59 bits per heavy atom. The third-order valence-corrected chi connectivity index (χ3v) is 5.63. The summed E-state index contributed by atoms with van der Waals surface area (Å²) in [5.41, 5.74) is 4.27. The number of aromatic hydroxyl groups is 1. The number of rotatable bonds is 4. The fraction of sp³-hybridized carbons (Fsp3) is 0.409. The van der Waals surface area contributed by atoms with Gasteiger partial charge in [0, 0.05) is 18.5 Å². The molecule has 0 saturated carbocycles. The summed E-state index contributed by atoms with van der Waals surface area (Å²) >= 11 is 0. The lowest BCUT2D eigenvalue weighted by molar-refractivity contribution is -0.137. The van der Waals surface area contributed by atoms with Gasteiger partial charge in [0.05, 0.1) is 6.61 Å². The van der Waals surface area contributed by atoms with Crippen LogP contribution in [0.15, 0.2) is 24.3 Å². The van der Waals surface area contributed by atoms with Crippen molar-refractivity contribution in [3.63, 3.8) is 0 Å². The third-order valence-electron chi connectivity index (χ3n) is 5.63. The minimum atomic E-state index is -0.956. The molecule has 0 unspecified atom stereocenters. The lowest BCUT2D eigenvalue weighted by atomic mass is 9.86. The average Bonchev–Trinajstić information content (AvgIpc) is 2.68. The quantitative estimate of drug-likeness (QED) is 0.773. The number of hydrogen-bond donors (Lipinski definition) is 3. The summed E-state index contributed by atoms with van der Waals surface area (Å²) in [6, 6.07) is 7.50. The van der Waals surface area contributed by atoms with Gasteiger partial charge in [-0.15, -0.1) is 0 Å². The first-order valence-corrected chi connectivity index (χ1v) is 9.24. The zero-order valence-corrected chi connectivity index (χ0v) is 16.3. The highest BCUT2D eigenvalue weighted by Crippen LogP contribution is 2.43. The predicted molar refractivity (Wildman–Crippen MR) is 104 cm³/mol. The maximum Gasteiger partial charge on any atom is 0.264 e. The Morgan fingerprint density at radius 2 is 1.89 bits per heavy atom. The maximum atomic E-state index is 12.9. The molecular formula is C22H27NO4. The fourth-order valence-electron chi connectivity index (χ4n) is 3.61. The van der Waals surface area contributed by atoms with Crippen LogP contribution in [0.2, 0.25) is 0 Å². The summed E-state index contributed by atoms with van der Waals surface area (Å²) in [6.07, 6.45) is 1.23. The van der Waals surface area contributed by atoms with E-state index < -0.39 is 5.60 Å². The standard InChI is InChI=1S/C22H27NO4/c1-13-14(2)20-18(15(3)19(13)25)8-9-22(4,27-20)21(26)23-11-16-6-5-7-17(10-16)12-24/h5-7,10,24-25H,8-9,11-12H2,1-4H3,(H,23,26)/t22-/m0/s1. The Labute approximate surface area is 160 Å². The number of aliphatic hydroxyl groups is 1. The summed E-state index contributed by atoms with van der Waals surface area (Å²) in [7, 11) is 0. The summed E-state index contributed by atoms with van der Waals surface area (Å²) < 4.78 is 6.20. The van der Waals surface area contributed by atoms with E-state index in [1.165, 1.54) is 0 Å². The molecule has 1 aliphatic rings. The van der Waals surface area contributed by atoms with Gasteiger partial charge in [-0.3, -0.25) is 4.79 Å². The van der Waals surface area contributed by atoms with Gasteiger partial charge in [-0.1, -0.05) is 24.3 Å². The maximum absolute atomic E-state index is 12.9. The molecule has 3 N–H and O–H groups in total. The molecule has 1 amide bonds. The number of fused-ring (bicyclic) bond motifs is 1. The van der Waals surface area contributed by atoms with Crippen LogP contribution in [0.25, 0.3) is 0 Å². The molecule has 5 heteroatoms. The van der Waals surface area contributed by atoms with Crippen LogP contribution in [-0.2, 0) is 24.4 Å². The van der Waals surface area contributed by atoms with Crippen molar-refractivity contribution in [3.8, 4) is 11.5 Å². The monoisotopic (exact) mass is 369 g/mol. The van der Waals surface area contributed by atoms with Crippen LogP contribution in [0.4, 0.5) is 0 Å². The molecule has 0 aliphatic carbocycles. The molecular weight excluding hydrogens is 342 g/mol. The number of benzene rings is 2. The SMILES string of the molecule is Cc1c(C)c2c(c(C)c1O)CC[C@@](C)(C(=O)NCc1cccc(CO)c1)O2. The zero-order valence-electron chi connectivity index (χ0n) is 16.3. The predicted octanol–water partition coefficient (Wildman–Crippen LogP) is 3.21. The van der Waals surface area contributed by atoms with Gasteiger partial charge in [-0.05, 0) is 61.9 Å². The van der Waals surface area contributed by atoms with Crippen LogP contribution in [0, 0.1) is 20.8 Å². The molecule has 144 valence electrons. The second-order valence-electron chi connectivity index (χ2n) is 7.52. The van der Waals surface area contributed by atoms with Gasteiger partial charge in [0.15, 0.2) is 5.60 Å². The second kappa shape index (κ2) is 7.24. The van der Waals surface area contributed by atoms with Gasteiger partial charge in [-0.25, -0.2) is 0 Å². The van der Waals surface area contributed by atoms with E-state index in [0.717, 1.165) is 33.4 Å². The van der Waals surface area contributed by atoms with Crippen molar-refractivity contribution in [2.45, 2.75) is 59.3 Å². The highest BCUT2D eigenvalue weighted by molar-refractivity contribution is 5.85. The Kier molecular flexibility index (Phi) is 5.16. The van der Waals surface area contributed by atoms with Gasteiger partial charge in [-0.2, -0.15) is 0 Å². The Bertz CT molecular complexity index is 890. The molecule has 0 fully saturated rings. The van der Waals surface area contributed by atoms with Gasteiger partial charge in [0.1, 0.15) is 11.5 Å². The van der Waals surface area contributed by atoms with E-state index in [1.54, 1.807) is 0 Å². The first-order valence-electron chi connectivity index (χ1n) is 9.24. The van der Waals surface area contributed by atoms with Gasteiger partial charge < -0.3 is 20.3 Å². The number of phenols is 1. The van der Waals surface area contributed by atoms with E-state index in [-0.39, 0.29) is 12.5 Å². The highest BCUT2D eigenvalue weighted by atomic mass is 16.5. The molecule has 0 saturated heterocycles. The summed E-state index contributed by atoms with van der Waals surface area (Å²) in [5, 5.41) is 22.5. The lowest BCUT2D eigenvalue weighted by Gasteiger charge is -2.36. The van der Waals surface area contributed by atoms with Crippen LogP contribution >= 0.6 is 0 Å². The van der Waals surface area contributed by atoms with Crippen molar-refractivity contribution in [3.05, 3.63) is 57.6 Å². The second-order valence-corrected chi connectivity index (χ2v) is 7.52. The van der Waals surface area contributed by atoms with E-state index in [0.29, 0.717) is 30.9 Å². The molecule has 5 nitrogen and oxygen atoms in total. The fourth-order valence-corrected chi connectivity index (χ4v) is 3.61. The van der Waals surface area contributed by atoms with E-state index in [4.69, 9.17) is 4.74 Å². The molecule has 0 spiro atoms. The van der Waals surface area contributed by atoms with Crippen molar-refractivity contribution in [2.24, 2.45) is 0 Å². The number of nitrogens with one attached hydrogen (secondary N) is 1. The smallest absolute Gasteiger partial charge is 0.264 e. The Hall–Kier alpha value is -2.53. The molecule has 0 aromatic heterocycles. The van der Waals surface area contributed by atoms with Gasteiger partial charge in [0.25, 0.3) is 5.91 Å². The van der Waals surface area contributed by atoms with Crippen LogP contribution in [-0.4, -0.2) is 21.7 Å². The number of amides is 1. The van der Waals surface area contributed by atoms with Crippen molar-refractivity contribution in [2.75, 3.05) is 0 Å². The van der Waals surface area contributed by atoms with E-state index in [9.17, 15) is 15.0 Å². The molecule has 1 heterocycles. The van der Waals surface area contributed by atoms with Crippen LogP contribution in [0.3, 0.4) is 0 Å². The van der Waals surface area contributed by atoms with Gasteiger partial charge >= 0.3 is 0 Å². The van der Waals surface area contributed by atoms with Crippen molar-refractivity contribution >= 4 is 5.91 Å². The number of hydrogen-bond acceptors (Lipinski definition) is 4. The number of aliphatic hydroxyl groups excluding tert-OH is 1. The highest BCUT2D eigenvalue weighted by Gasteiger charge is 2.40. The van der Waals surface area contributed by atoms with E-state index in [1.807, 2.05) is 52.0 Å². The molecule has 0 radical (unpaired) electrons. The molecule has 27 heavy (non-hydrogen) atoms. The Morgan fingerprint density at radius 1 is 1.19 bits per heavy atom. The minimum absolute atomic E-state index is 0.0236. The first-order chi connectivity index (χ1) is 12.8. The molecule has 1 atom stereocenters. The summed E-state index contributed by atoms with van der Waals surface area (Å²) in [6.45, 7) is 7.83. The Balaban J connectivity index is 1.78. The third kappa shape index (κ3) is 3.52. The van der Waals surface area contributed by atoms with Crippen molar-refractivity contribution in [1.29, 1.82) is 0 Å². The topological polar surface area (TPSA) is 78.8 Å². The zero-order chi connectivity index (χ0) is 19.8. The molecule has 2 aromatic carbocycles. The number of ether oxygens (including phenoxy) is 1. The average molecular weight is 369 g/mol. The normalized spacial score (nSPS) is 18.6. The summed E-state index contributed by atoms with van der Waals surface area (Å²) in [4.78, 5) is 12.9. The summed E-state index contributed by atoms with van der Waals surface area (Å²) in [5.74, 6) is 0.867. The van der Waals surface area contributed by atoms with Crippen molar-refractivity contribution < 1.29 is 19.7 Å². The largest absolute Gasteiger partial charge is 0.507 e. The number of carbonyl (C=O) groups is 1. The molecule has 3 rings (SSSR count).